The number of nitrogens with one attached hydrogen (secondary N) is 1. The average Bonchev–Trinajstić information content (AvgIpc) is 2.75. The highest BCUT2D eigenvalue weighted by Gasteiger charge is 2.18. The molecule has 5 nitrogen and oxygen atoms in total. The highest BCUT2D eigenvalue weighted by atomic mass is 79.9. The molecule has 1 aliphatic heterocycles. The lowest BCUT2D eigenvalue weighted by Crippen LogP contribution is -2.45. The first-order chi connectivity index (χ1) is 14.0. The molecule has 0 aromatic heterocycles. The van der Waals surface area contributed by atoms with E-state index >= 15 is 0 Å². The minimum atomic E-state index is -0.551. The van der Waals surface area contributed by atoms with E-state index in [9.17, 15) is 4.79 Å². The largest absolute Gasteiger partial charge is 0.481 e. The van der Waals surface area contributed by atoms with Crippen LogP contribution in [-0.2, 0) is 17.9 Å². The summed E-state index contributed by atoms with van der Waals surface area (Å²) in [5, 5.41) is 3.02. The summed E-state index contributed by atoms with van der Waals surface area (Å²) in [6.07, 6.45) is -0.551. The smallest absolute Gasteiger partial charge is 0.261 e. The monoisotopic (exact) mass is 459 g/mol. The van der Waals surface area contributed by atoms with Gasteiger partial charge in [-0.05, 0) is 48.9 Å². The Morgan fingerprint density at radius 3 is 2.31 bits per heavy atom. The lowest BCUT2D eigenvalue weighted by Gasteiger charge is -2.34. The second-order valence-electron chi connectivity index (χ2n) is 7.41. The standard InChI is InChI=1S/C23H30BrN3O2/c1-3-26-12-14-27(15-13-26)17-20-7-5-4-6-19(20)16-25-23(28)18(2)29-22-10-8-21(24)9-11-22/h4-11,18H,3,12-17H2,1-2H3,(H,25,28). The van der Waals surface area contributed by atoms with Crippen LogP contribution in [0.5, 0.6) is 5.75 Å². The summed E-state index contributed by atoms with van der Waals surface area (Å²) in [6.45, 7) is 11.0. The third-order valence-electron chi connectivity index (χ3n) is 5.37. The molecular formula is C23H30BrN3O2. The zero-order valence-electron chi connectivity index (χ0n) is 17.2. The van der Waals surface area contributed by atoms with E-state index in [0.717, 1.165) is 49.3 Å². The number of rotatable bonds is 8. The van der Waals surface area contributed by atoms with E-state index in [4.69, 9.17) is 4.74 Å². The molecule has 156 valence electrons. The average molecular weight is 460 g/mol. The maximum Gasteiger partial charge on any atom is 0.261 e. The van der Waals surface area contributed by atoms with Crippen molar-refractivity contribution < 1.29 is 9.53 Å². The molecular weight excluding hydrogens is 430 g/mol. The number of nitrogens with zero attached hydrogens (tertiary/aromatic N) is 2. The Kier molecular flexibility index (Phi) is 8.09. The molecule has 0 saturated carbocycles. The van der Waals surface area contributed by atoms with Gasteiger partial charge in [-0.25, -0.2) is 0 Å². The fourth-order valence-corrected chi connectivity index (χ4v) is 3.75. The van der Waals surface area contributed by atoms with Crippen LogP contribution in [-0.4, -0.2) is 54.5 Å². The molecule has 0 aliphatic carbocycles. The molecule has 3 rings (SSSR count). The summed E-state index contributed by atoms with van der Waals surface area (Å²) in [4.78, 5) is 17.5. The van der Waals surface area contributed by atoms with Crippen LogP contribution in [0.4, 0.5) is 0 Å². The summed E-state index contributed by atoms with van der Waals surface area (Å²) >= 11 is 3.40. The lowest BCUT2D eigenvalue weighted by molar-refractivity contribution is -0.127. The van der Waals surface area contributed by atoms with Gasteiger partial charge in [0.1, 0.15) is 5.75 Å². The molecule has 1 atom stereocenters. The zero-order chi connectivity index (χ0) is 20.6. The highest BCUT2D eigenvalue weighted by molar-refractivity contribution is 9.10. The van der Waals surface area contributed by atoms with Gasteiger partial charge in [-0.2, -0.15) is 0 Å². The van der Waals surface area contributed by atoms with Crippen molar-refractivity contribution in [1.82, 2.24) is 15.1 Å². The van der Waals surface area contributed by atoms with Crippen LogP contribution in [0.2, 0.25) is 0 Å². The number of piperazine rings is 1. The van der Waals surface area contributed by atoms with Crippen molar-refractivity contribution in [2.24, 2.45) is 0 Å². The number of carbonyl (C=O) groups excluding carboxylic acids is 1. The van der Waals surface area contributed by atoms with Crippen LogP contribution in [0.25, 0.3) is 0 Å². The summed E-state index contributed by atoms with van der Waals surface area (Å²) in [7, 11) is 0. The first kappa shape index (κ1) is 21.8. The van der Waals surface area contributed by atoms with Crippen LogP contribution in [0.1, 0.15) is 25.0 Å². The third-order valence-corrected chi connectivity index (χ3v) is 5.90. The summed E-state index contributed by atoms with van der Waals surface area (Å²) in [5.41, 5.74) is 2.44. The Morgan fingerprint density at radius 2 is 1.66 bits per heavy atom. The van der Waals surface area contributed by atoms with Crippen LogP contribution in [0.3, 0.4) is 0 Å². The predicted molar refractivity (Wildman–Crippen MR) is 120 cm³/mol. The Bertz CT molecular complexity index is 789. The van der Waals surface area contributed by atoms with Crippen molar-refractivity contribution in [2.75, 3.05) is 32.7 Å². The Labute approximate surface area is 182 Å². The number of ether oxygens (including phenoxy) is 1. The van der Waals surface area contributed by atoms with Gasteiger partial charge >= 0.3 is 0 Å². The molecule has 1 aliphatic rings. The van der Waals surface area contributed by atoms with Crippen molar-refractivity contribution in [3.8, 4) is 5.75 Å². The molecule has 2 aromatic rings. The van der Waals surface area contributed by atoms with Crippen molar-refractivity contribution >= 4 is 21.8 Å². The summed E-state index contributed by atoms with van der Waals surface area (Å²) in [6, 6.07) is 15.9. The number of benzene rings is 2. The van der Waals surface area contributed by atoms with E-state index in [1.807, 2.05) is 30.3 Å². The molecule has 2 aromatic carbocycles. The summed E-state index contributed by atoms with van der Waals surface area (Å²) in [5.74, 6) is 0.571. The maximum absolute atomic E-state index is 12.5. The third kappa shape index (κ3) is 6.56. The molecule has 1 heterocycles. The molecule has 0 spiro atoms. The molecule has 1 saturated heterocycles. The zero-order valence-corrected chi connectivity index (χ0v) is 18.8. The fraction of sp³-hybridized carbons (Fsp3) is 0.435. The van der Waals surface area contributed by atoms with Gasteiger partial charge in [-0.3, -0.25) is 9.69 Å². The van der Waals surface area contributed by atoms with Gasteiger partial charge < -0.3 is 15.0 Å². The Morgan fingerprint density at radius 1 is 1.03 bits per heavy atom. The number of carbonyl (C=O) groups is 1. The first-order valence-electron chi connectivity index (χ1n) is 10.3. The van der Waals surface area contributed by atoms with Crippen LogP contribution < -0.4 is 10.1 Å². The molecule has 0 bridgehead atoms. The minimum Gasteiger partial charge on any atom is -0.481 e. The van der Waals surface area contributed by atoms with E-state index in [0.29, 0.717) is 12.3 Å². The molecule has 0 radical (unpaired) electrons. The second-order valence-corrected chi connectivity index (χ2v) is 8.33. The van der Waals surface area contributed by atoms with E-state index in [1.165, 1.54) is 5.56 Å². The predicted octanol–water partition coefficient (Wildman–Crippen LogP) is 3.67. The van der Waals surface area contributed by atoms with Gasteiger partial charge in [0.15, 0.2) is 6.10 Å². The highest BCUT2D eigenvalue weighted by Crippen LogP contribution is 2.18. The van der Waals surface area contributed by atoms with Crippen molar-refractivity contribution in [3.63, 3.8) is 0 Å². The van der Waals surface area contributed by atoms with Crippen LogP contribution in [0.15, 0.2) is 53.0 Å². The summed E-state index contributed by atoms with van der Waals surface area (Å²) < 4.78 is 6.73. The van der Waals surface area contributed by atoms with Crippen LogP contribution in [0, 0.1) is 0 Å². The van der Waals surface area contributed by atoms with Gasteiger partial charge in [0.2, 0.25) is 0 Å². The van der Waals surface area contributed by atoms with E-state index in [1.54, 1.807) is 6.92 Å². The Hall–Kier alpha value is -1.89. The molecule has 1 amide bonds. The van der Waals surface area contributed by atoms with Gasteiger partial charge in [-0.15, -0.1) is 0 Å². The number of hydrogen-bond donors (Lipinski definition) is 1. The quantitative estimate of drug-likeness (QED) is 0.653. The normalized spacial score (nSPS) is 16.4. The topological polar surface area (TPSA) is 44.8 Å². The number of likely N-dealkylation sites (N-methyl/N-ethyl adjacent to an activating group) is 1. The van der Waals surface area contributed by atoms with Gasteiger partial charge in [0, 0.05) is 43.7 Å². The molecule has 29 heavy (non-hydrogen) atoms. The van der Waals surface area contributed by atoms with Crippen molar-refractivity contribution in [1.29, 1.82) is 0 Å². The number of hydrogen-bond acceptors (Lipinski definition) is 4. The van der Waals surface area contributed by atoms with Gasteiger partial charge in [0.25, 0.3) is 5.91 Å². The number of amides is 1. The van der Waals surface area contributed by atoms with Gasteiger partial charge in [0.05, 0.1) is 0 Å². The fourth-order valence-electron chi connectivity index (χ4n) is 3.49. The molecule has 1 unspecified atom stereocenters. The maximum atomic E-state index is 12.5. The van der Waals surface area contributed by atoms with Gasteiger partial charge in [-0.1, -0.05) is 47.1 Å². The molecule has 1 fully saturated rings. The second kappa shape index (κ2) is 10.8. The molecule has 6 heteroatoms. The molecule has 1 N–H and O–H groups in total. The van der Waals surface area contributed by atoms with E-state index in [2.05, 4.69) is 56.2 Å². The Balaban J connectivity index is 1.52. The van der Waals surface area contributed by atoms with Crippen molar-refractivity contribution in [3.05, 3.63) is 64.1 Å². The SMILES string of the molecule is CCN1CCN(Cc2ccccc2CNC(=O)C(C)Oc2ccc(Br)cc2)CC1. The lowest BCUT2D eigenvalue weighted by atomic mass is 10.1. The van der Waals surface area contributed by atoms with Crippen LogP contribution >= 0.6 is 15.9 Å². The van der Waals surface area contributed by atoms with E-state index in [-0.39, 0.29) is 5.91 Å². The van der Waals surface area contributed by atoms with Crippen molar-refractivity contribution in [2.45, 2.75) is 33.0 Å². The first-order valence-corrected chi connectivity index (χ1v) is 11.1. The van der Waals surface area contributed by atoms with E-state index < -0.39 is 6.10 Å². The minimum absolute atomic E-state index is 0.112. The number of halogens is 1.